The van der Waals surface area contributed by atoms with Crippen LogP contribution in [-0.4, -0.2) is 10.2 Å². The molecule has 2 heteroatoms. The molecular formula is C8H15IO. The van der Waals surface area contributed by atoms with Gasteiger partial charge in [-0.3, -0.25) is 0 Å². The van der Waals surface area contributed by atoms with Gasteiger partial charge < -0.3 is 4.79 Å². The van der Waals surface area contributed by atoms with E-state index in [0.29, 0.717) is 0 Å². The van der Waals surface area contributed by atoms with E-state index in [1.807, 2.05) is 0 Å². The van der Waals surface area contributed by atoms with E-state index in [2.05, 4.69) is 29.5 Å². The van der Waals surface area contributed by atoms with E-state index in [1.54, 1.807) is 0 Å². The van der Waals surface area contributed by atoms with Gasteiger partial charge in [0, 0.05) is 0 Å². The third-order valence-corrected chi connectivity index (χ3v) is 2.40. The van der Waals surface area contributed by atoms with Gasteiger partial charge in [-0.2, -0.15) is 0 Å². The second-order valence-electron chi connectivity index (χ2n) is 2.50. The second-order valence-corrected chi connectivity index (χ2v) is 4.10. The maximum Gasteiger partial charge on any atom is 0.132 e. The maximum absolute atomic E-state index is 10.2. The number of carbonyl (C=O) groups is 1. The summed E-state index contributed by atoms with van der Waals surface area (Å²) in [6.07, 6.45) is 7.16. The average Bonchev–Trinajstić information content (AvgIpc) is 1.98. The SMILES string of the molecule is CCCCCCC(I)C=O. The van der Waals surface area contributed by atoms with Crippen molar-refractivity contribution in [1.82, 2.24) is 0 Å². The highest BCUT2D eigenvalue weighted by atomic mass is 127. The molecule has 0 bridgehead atoms. The van der Waals surface area contributed by atoms with Gasteiger partial charge in [0.15, 0.2) is 0 Å². The Balaban J connectivity index is 2.95. The normalized spacial score (nSPS) is 13.0. The Morgan fingerprint density at radius 1 is 1.40 bits per heavy atom. The van der Waals surface area contributed by atoms with E-state index in [1.165, 1.54) is 25.7 Å². The molecule has 0 aliphatic heterocycles. The zero-order valence-electron chi connectivity index (χ0n) is 6.48. The van der Waals surface area contributed by atoms with Gasteiger partial charge in [0.1, 0.15) is 6.29 Å². The van der Waals surface area contributed by atoms with Crippen molar-refractivity contribution in [3.63, 3.8) is 0 Å². The molecule has 0 saturated heterocycles. The highest BCUT2D eigenvalue weighted by Gasteiger charge is 1.99. The van der Waals surface area contributed by atoms with Crippen LogP contribution in [0.15, 0.2) is 0 Å². The number of hydrogen-bond acceptors (Lipinski definition) is 1. The lowest BCUT2D eigenvalue weighted by Crippen LogP contribution is -1.97. The van der Waals surface area contributed by atoms with Gasteiger partial charge in [-0.15, -0.1) is 0 Å². The quantitative estimate of drug-likeness (QED) is 0.308. The van der Waals surface area contributed by atoms with Gasteiger partial charge >= 0.3 is 0 Å². The van der Waals surface area contributed by atoms with E-state index in [4.69, 9.17) is 0 Å². The first kappa shape index (κ1) is 10.4. The van der Waals surface area contributed by atoms with Crippen LogP contribution >= 0.6 is 22.6 Å². The van der Waals surface area contributed by atoms with Crippen LogP contribution in [0.3, 0.4) is 0 Å². The molecule has 60 valence electrons. The van der Waals surface area contributed by atoms with Crippen LogP contribution in [0.1, 0.15) is 39.0 Å². The Morgan fingerprint density at radius 3 is 2.60 bits per heavy atom. The van der Waals surface area contributed by atoms with Gasteiger partial charge in [0.25, 0.3) is 0 Å². The summed E-state index contributed by atoms with van der Waals surface area (Å²) in [6, 6.07) is 0. The van der Waals surface area contributed by atoms with Gasteiger partial charge in [0.2, 0.25) is 0 Å². The number of aldehydes is 1. The summed E-state index contributed by atoms with van der Waals surface area (Å²) in [5.41, 5.74) is 0. The summed E-state index contributed by atoms with van der Waals surface area (Å²) in [7, 11) is 0. The van der Waals surface area contributed by atoms with Crippen LogP contribution in [0.2, 0.25) is 0 Å². The van der Waals surface area contributed by atoms with Gasteiger partial charge in [-0.25, -0.2) is 0 Å². The van der Waals surface area contributed by atoms with Gasteiger partial charge in [0.05, 0.1) is 3.92 Å². The number of alkyl halides is 1. The van der Waals surface area contributed by atoms with Crippen LogP contribution in [0.25, 0.3) is 0 Å². The van der Waals surface area contributed by atoms with E-state index < -0.39 is 0 Å². The standard InChI is InChI=1S/C8H15IO/c1-2-3-4-5-6-8(9)7-10/h7-8H,2-6H2,1H3. The molecule has 1 atom stereocenters. The van der Waals surface area contributed by atoms with E-state index in [-0.39, 0.29) is 3.92 Å². The largest absolute Gasteiger partial charge is 0.302 e. The summed E-state index contributed by atoms with van der Waals surface area (Å²) in [5, 5.41) is 0. The van der Waals surface area contributed by atoms with Crippen LogP contribution < -0.4 is 0 Å². The average molecular weight is 254 g/mol. The summed E-state index contributed by atoms with van der Waals surface area (Å²) in [6.45, 7) is 2.20. The molecule has 0 aliphatic rings. The van der Waals surface area contributed by atoms with Crippen molar-refractivity contribution < 1.29 is 4.79 Å². The second kappa shape index (κ2) is 7.51. The van der Waals surface area contributed by atoms with Gasteiger partial charge in [-0.05, 0) is 6.42 Å². The highest BCUT2D eigenvalue weighted by Crippen LogP contribution is 2.09. The monoisotopic (exact) mass is 254 g/mol. The topological polar surface area (TPSA) is 17.1 Å². The Bertz CT molecular complexity index is 83.3. The number of rotatable bonds is 6. The zero-order chi connectivity index (χ0) is 7.82. The molecule has 0 aromatic rings. The molecule has 0 heterocycles. The molecule has 0 fully saturated rings. The van der Waals surface area contributed by atoms with Crippen LogP contribution in [0, 0.1) is 0 Å². The minimum atomic E-state index is 0.245. The molecule has 1 nitrogen and oxygen atoms in total. The smallest absolute Gasteiger partial charge is 0.132 e. The Labute approximate surface area is 76.7 Å². The molecular weight excluding hydrogens is 239 g/mol. The molecule has 0 aromatic heterocycles. The lowest BCUT2D eigenvalue weighted by Gasteiger charge is -1.99. The van der Waals surface area contributed by atoms with Crippen molar-refractivity contribution in [3.8, 4) is 0 Å². The molecule has 0 spiro atoms. The fourth-order valence-electron chi connectivity index (χ4n) is 0.834. The Kier molecular flexibility index (Phi) is 7.81. The summed E-state index contributed by atoms with van der Waals surface area (Å²) >= 11 is 2.19. The zero-order valence-corrected chi connectivity index (χ0v) is 8.63. The predicted octanol–water partition coefficient (Wildman–Crippen LogP) is 2.96. The van der Waals surface area contributed by atoms with Crippen molar-refractivity contribution in [2.24, 2.45) is 0 Å². The fourth-order valence-corrected chi connectivity index (χ4v) is 1.27. The molecule has 0 aliphatic carbocycles. The minimum absolute atomic E-state index is 0.245. The number of halogens is 1. The summed E-state index contributed by atoms with van der Waals surface area (Å²) in [4.78, 5) is 10.2. The van der Waals surface area contributed by atoms with Crippen molar-refractivity contribution in [3.05, 3.63) is 0 Å². The molecule has 0 amide bonds. The number of unbranched alkanes of at least 4 members (excludes halogenated alkanes) is 3. The van der Waals surface area contributed by atoms with E-state index in [0.717, 1.165) is 12.7 Å². The summed E-state index contributed by atoms with van der Waals surface area (Å²) < 4.78 is 0.245. The molecule has 10 heavy (non-hydrogen) atoms. The van der Waals surface area contributed by atoms with Gasteiger partial charge in [-0.1, -0.05) is 55.2 Å². The first-order chi connectivity index (χ1) is 4.81. The lowest BCUT2D eigenvalue weighted by molar-refractivity contribution is -0.107. The predicted molar refractivity (Wildman–Crippen MR) is 52.6 cm³/mol. The Morgan fingerprint density at radius 2 is 2.10 bits per heavy atom. The van der Waals surface area contributed by atoms with Crippen LogP contribution in [0.5, 0.6) is 0 Å². The van der Waals surface area contributed by atoms with Crippen molar-refractivity contribution in [2.45, 2.75) is 43.0 Å². The first-order valence-corrected chi connectivity index (χ1v) is 5.15. The molecule has 0 N–H and O–H groups in total. The lowest BCUT2D eigenvalue weighted by atomic mass is 10.1. The summed E-state index contributed by atoms with van der Waals surface area (Å²) in [5.74, 6) is 0. The molecule has 0 aromatic carbocycles. The highest BCUT2D eigenvalue weighted by molar-refractivity contribution is 14.1. The van der Waals surface area contributed by atoms with Crippen molar-refractivity contribution in [1.29, 1.82) is 0 Å². The third-order valence-electron chi connectivity index (χ3n) is 1.48. The maximum atomic E-state index is 10.2. The molecule has 0 saturated carbocycles. The number of carbonyl (C=O) groups excluding carboxylic acids is 1. The fraction of sp³-hybridized carbons (Fsp3) is 0.875. The van der Waals surface area contributed by atoms with E-state index in [9.17, 15) is 4.79 Å². The molecule has 0 rings (SSSR count). The van der Waals surface area contributed by atoms with Crippen molar-refractivity contribution in [2.75, 3.05) is 0 Å². The van der Waals surface area contributed by atoms with Crippen LogP contribution in [-0.2, 0) is 4.79 Å². The number of hydrogen-bond donors (Lipinski definition) is 0. The molecule has 1 unspecified atom stereocenters. The van der Waals surface area contributed by atoms with Crippen LogP contribution in [0.4, 0.5) is 0 Å². The first-order valence-electron chi connectivity index (χ1n) is 3.90. The third kappa shape index (κ3) is 6.52. The van der Waals surface area contributed by atoms with Crippen molar-refractivity contribution >= 4 is 28.9 Å². The molecule has 0 radical (unpaired) electrons. The Hall–Kier alpha value is 0.400. The van der Waals surface area contributed by atoms with E-state index >= 15 is 0 Å². The minimum Gasteiger partial charge on any atom is -0.302 e.